The molecule has 0 radical (unpaired) electrons. The van der Waals surface area contributed by atoms with Gasteiger partial charge < -0.3 is 10.3 Å². The minimum atomic E-state index is 0.358. The molecule has 2 rings (SSSR count). The Morgan fingerprint density at radius 2 is 1.81 bits per heavy atom. The molecule has 0 atom stereocenters. The lowest BCUT2D eigenvalue weighted by atomic mass is 10.1. The highest BCUT2D eigenvalue weighted by atomic mass is 79.9. The van der Waals surface area contributed by atoms with Gasteiger partial charge in [-0.3, -0.25) is 0 Å². The molecule has 0 saturated heterocycles. The second kappa shape index (κ2) is 4.34. The highest BCUT2D eigenvalue weighted by molar-refractivity contribution is 9.10. The quantitative estimate of drug-likeness (QED) is 0.882. The fourth-order valence-corrected chi connectivity index (χ4v) is 2.42. The molecule has 0 fully saturated rings. The fraction of sp³-hybridized carbons (Fsp3) is 0.231. The van der Waals surface area contributed by atoms with Crippen molar-refractivity contribution in [3.63, 3.8) is 0 Å². The number of nitrogen functional groups attached to an aromatic ring is 1. The minimum absolute atomic E-state index is 0.358. The summed E-state index contributed by atoms with van der Waals surface area (Å²) >= 11 is 3.57. The number of anilines is 1. The van der Waals surface area contributed by atoms with Crippen LogP contribution in [0.25, 0.3) is 11.3 Å². The Hall–Kier alpha value is -1.22. The van der Waals surface area contributed by atoms with E-state index in [4.69, 9.17) is 5.73 Å². The van der Waals surface area contributed by atoms with Gasteiger partial charge in [0, 0.05) is 16.1 Å². The molecule has 16 heavy (non-hydrogen) atoms. The van der Waals surface area contributed by atoms with Gasteiger partial charge in [-0.15, -0.1) is 0 Å². The maximum absolute atomic E-state index is 5.98. The van der Waals surface area contributed by atoms with Crippen molar-refractivity contribution in [2.24, 2.45) is 0 Å². The van der Waals surface area contributed by atoms with Gasteiger partial charge in [0.05, 0.1) is 5.69 Å². The van der Waals surface area contributed by atoms with Gasteiger partial charge in [0.15, 0.2) is 0 Å². The van der Waals surface area contributed by atoms with Crippen molar-refractivity contribution in [1.29, 1.82) is 0 Å². The second-order valence-electron chi connectivity index (χ2n) is 4.09. The monoisotopic (exact) mass is 278 g/mol. The first kappa shape index (κ1) is 11.3. The van der Waals surface area contributed by atoms with E-state index in [-0.39, 0.29) is 0 Å². The summed E-state index contributed by atoms with van der Waals surface area (Å²) in [6, 6.07) is 12.6. The summed E-state index contributed by atoms with van der Waals surface area (Å²) in [6.07, 6.45) is 0. The van der Waals surface area contributed by atoms with E-state index < -0.39 is 0 Å². The summed E-state index contributed by atoms with van der Waals surface area (Å²) in [6.45, 7) is 4.27. The van der Waals surface area contributed by atoms with Crippen molar-refractivity contribution < 1.29 is 0 Å². The molecule has 1 aromatic heterocycles. The zero-order chi connectivity index (χ0) is 11.7. The molecular formula is C13H15BrN2. The van der Waals surface area contributed by atoms with Gasteiger partial charge in [-0.25, -0.2) is 0 Å². The van der Waals surface area contributed by atoms with Crippen LogP contribution in [-0.2, 0) is 0 Å². The van der Waals surface area contributed by atoms with Crippen LogP contribution < -0.4 is 5.73 Å². The van der Waals surface area contributed by atoms with Crippen LogP contribution in [-0.4, -0.2) is 4.57 Å². The molecule has 3 heteroatoms. The van der Waals surface area contributed by atoms with Crippen molar-refractivity contribution in [2.45, 2.75) is 19.9 Å². The topological polar surface area (TPSA) is 30.9 Å². The summed E-state index contributed by atoms with van der Waals surface area (Å²) in [7, 11) is 0. The molecule has 0 aliphatic heterocycles. The molecule has 0 bridgehead atoms. The van der Waals surface area contributed by atoms with E-state index in [9.17, 15) is 0 Å². The van der Waals surface area contributed by atoms with E-state index in [0.29, 0.717) is 6.04 Å². The molecule has 2 nitrogen and oxygen atoms in total. The van der Waals surface area contributed by atoms with Gasteiger partial charge >= 0.3 is 0 Å². The third-order valence-corrected chi connectivity index (χ3v) is 3.31. The number of halogens is 1. The predicted molar refractivity (Wildman–Crippen MR) is 72.4 cm³/mol. The molecule has 0 amide bonds. The highest BCUT2D eigenvalue weighted by Gasteiger charge is 2.12. The number of benzene rings is 1. The third-order valence-electron chi connectivity index (χ3n) is 2.62. The van der Waals surface area contributed by atoms with Gasteiger partial charge in [-0.1, -0.05) is 34.1 Å². The van der Waals surface area contributed by atoms with E-state index in [1.165, 1.54) is 5.56 Å². The normalized spacial score (nSPS) is 11.0. The Balaban J connectivity index is 2.61. The van der Waals surface area contributed by atoms with Crippen LogP contribution in [0.3, 0.4) is 0 Å². The first-order valence-electron chi connectivity index (χ1n) is 5.33. The number of rotatable bonds is 2. The SMILES string of the molecule is CC(C)n1c(N)ccc1-c1ccccc1Br. The standard InChI is InChI=1S/C13H15BrN2/c1-9(2)16-12(7-8-13(16)15)10-5-3-4-6-11(10)14/h3-9H,15H2,1-2H3. The number of aromatic nitrogens is 1. The largest absolute Gasteiger partial charge is 0.385 e. The summed E-state index contributed by atoms with van der Waals surface area (Å²) in [4.78, 5) is 0. The summed E-state index contributed by atoms with van der Waals surface area (Å²) < 4.78 is 3.23. The lowest BCUT2D eigenvalue weighted by molar-refractivity contribution is 0.618. The Labute approximate surface area is 104 Å². The van der Waals surface area contributed by atoms with Crippen LogP contribution in [0.4, 0.5) is 5.82 Å². The van der Waals surface area contributed by atoms with Gasteiger partial charge in [0.2, 0.25) is 0 Å². The molecule has 0 spiro atoms. The smallest absolute Gasteiger partial charge is 0.103 e. The van der Waals surface area contributed by atoms with Crippen LogP contribution in [0.1, 0.15) is 19.9 Å². The van der Waals surface area contributed by atoms with Gasteiger partial charge in [-0.05, 0) is 32.0 Å². The average Bonchev–Trinajstić information content (AvgIpc) is 2.61. The van der Waals surface area contributed by atoms with Crippen LogP contribution in [0.2, 0.25) is 0 Å². The molecule has 0 unspecified atom stereocenters. The minimum Gasteiger partial charge on any atom is -0.385 e. The van der Waals surface area contributed by atoms with Crippen molar-refractivity contribution in [2.75, 3.05) is 5.73 Å². The van der Waals surface area contributed by atoms with Gasteiger partial charge in [-0.2, -0.15) is 0 Å². The number of hydrogen-bond donors (Lipinski definition) is 1. The zero-order valence-electron chi connectivity index (χ0n) is 9.44. The van der Waals surface area contributed by atoms with E-state index >= 15 is 0 Å². The Morgan fingerprint density at radius 3 is 2.44 bits per heavy atom. The molecular weight excluding hydrogens is 264 g/mol. The number of nitrogens with zero attached hydrogens (tertiary/aromatic N) is 1. The zero-order valence-corrected chi connectivity index (χ0v) is 11.0. The van der Waals surface area contributed by atoms with Gasteiger partial charge in [0.1, 0.15) is 5.82 Å². The molecule has 1 aromatic carbocycles. The van der Waals surface area contributed by atoms with Gasteiger partial charge in [0.25, 0.3) is 0 Å². The fourth-order valence-electron chi connectivity index (χ4n) is 1.93. The highest BCUT2D eigenvalue weighted by Crippen LogP contribution is 2.32. The molecule has 0 saturated carbocycles. The van der Waals surface area contributed by atoms with E-state index in [1.54, 1.807) is 0 Å². The van der Waals surface area contributed by atoms with Crippen LogP contribution >= 0.6 is 15.9 Å². The summed E-state index contributed by atoms with van der Waals surface area (Å²) in [5.41, 5.74) is 8.30. The van der Waals surface area contributed by atoms with Crippen LogP contribution in [0, 0.1) is 0 Å². The van der Waals surface area contributed by atoms with Crippen molar-refractivity contribution in [3.8, 4) is 11.3 Å². The van der Waals surface area contributed by atoms with Crippen LogP contribution in [0.15, 0.2) is 40.9 Å². The lowest BCUT2D eigenvalue weighted by Crippen LogP contribution is -2.06. The second-order valence-corrected chi connectivity index (χ2v) is 4.94. The third kappa shape index (κ3) is 1.87. The van der Waals surface area contributed by atoms with E-state index in [0.717, 1.165) is 16.0 Å². The maximum atomic E-state index is 5.98. The molecule has 0 aliphatic carbocycles. The molecule has 1 heterocycles. The average molecular weight is 279 g/mol. The van der Waals surface area contributed by atoms with Crippen molar-refractivity contribution in [1.82, 2.24) is 4.57 Å². The Kier molecular flexibility index (Phi) is 3.06. The molecule has 0 aliphatic rings. The first-order valence-corrected chi connectivity index (χ1v) is 6.12. The number of nitrogens with two attached hydrogens (primary N) is 1. The number of hydrogen-bond acceptors (Lipinski definition) is 1. The molecule has 84 valence electrons. The van der Waals surface area contributed by atoms with E-state index in [2.05, 4.69) is 46.5 Å². The molecule has 2 aromatic rings. The lowest BCUT2D eigenvalue weighted by Gasteiger charge is -2.16. The van der Waals surface area contributed by atoms with E-state index in [1.807, 2.05) is 24.3 Å². The Morgan fingerprint density at radius 1 is 1.12 bits per heavy atom. The molecule has 2 N–H and O–H groups in total. The maximum Gasteiger partial charge on any atom is 0.103 e. The first-order chi connectivity index (χ1) is 7.61. The van der Waals surface area contributed by atoms with Crippen LogP contribution in [0.5, 0.6) is 0 Å². The predicted octanol–water partition coefficient (Wildman–Crippen LogP) is 4.08. The summed E-state index contributed by atoms with van der Waals surface area (Å²) in [5.74, 6) is 0.806. The summed E-state index contributed by atoms with van der Waals surface area (Å²) in [5, 5.41) is 0. The Bertz CT molecular complexity index is 500. The van der Waals surface area contributed by atoms with Crippen molar-refractivity contribution >= 4 is 21.7 Å². The van der Waals surface area contributed by atoms with Crippen molar-refractivity contribution in [3.05, 3.63) is 40.9 Å².